The number of rotatable bonds is 7. The Morgan fingerprint density at radius 1 is 1.23 bits per heavy atom. The van der Waals surface area contributed by atoms with Crippen molar-refractivity contribution < 1.29 is 18.7 Å². The van der Waals surface area contributed by atoms with Crippen molar-refractivity contribution in [3.05, 3.63) is 48.4 Å². The fourth-order valence-corrected chi connectivity index (χ4v) is 1.93. The molecule has 0 unspecified atom stereocenters. The third-order valence-corrected chi connectivity index (χ3v) is 3.15. The molecule has 0 atom stereocenters. The van der Waals surface area contributed by atoms with Crippen LogP contribution < -0.4 is 10.1 Å². The summed E-state index contributed by atoms with van der Waals surface area (Å²) >= 11 is 0. The van der Waals surface area contributed by atoms with Gasteiger partial charge in [0.2, 0.25) is 0 Å². The molecule has 0 spiro atoms. The van der Waals surface area contributed by atoms with Crippen LogP contribution in [0.4, 0.5) is 10.5 Å². The van der Waals surface area contributed by atoms with E-state index in [-0.39, 0.29) is 6.03 Å². The summed E-state index contributed by atoms with van der Waals surface area (Å²) in [6.07, 6.45) is 3.21. The first-order chi connectivity index (χ1) is 10.7. The Balaban J connectivity index is 2.00. The lowest BCUT2D eigenvalue weighted by molar-refractivity contribution is 0.152. The van der Waals surface area contributed by atoms with E-state index in [1.54, 1.807) is 55.9 Å². The highest BCUT2D eigenvalue weighted by atomic mass is 16.5. The number of nitrogens with one attached hydrogen (secondary N) is 1. The largest absolute Gasteiger partial charge is 0.497 e. The Hall–Kier alpha value is -2.47. The molecule has 0 radical (unpaired) electrons. The quantitative estimate of drug-likeness (QED) is 0.854. The number of carbonyl (C=O) groups is 1. The predicted molar refractivity (Wildman–Crippen MR) is 83.0 cm³/mol. The molecular formula is C16H20N2O4. The molecule has 22 heavy (non-hydrogen) atoms. The van der Waals surface area contributed by atoms with Gasteiger partial charge in [0.1, 0.15) is 5.75 Å². The lowest BCUT2D eigenvalue weighted by atomic mass is 10.3. The summed E-state index contributed by atoms with van der Waals surface area (Å²) in [5, 5.41) is 2.86. The van der Waals surface area contributed by atoms with Gasteiger partial charge in [-0.2, -0.15) is 0 Å². The average Bonchev–Trinajstić information content (AvgIpc) is 3.05. The van der Waals surface area contributed by atoms with Crippen molar-refractivity contribution >= 4 is 11.7 Å². The van der Waals surface area contributed by atoms with E-state index in [2.05, 4.69) is 5.32 Å². The van der Waals surface area contributed by atoms with Gasteiger partial charge in [0, 0.05) is 24.9 Å². The molecule has 0 fully saturated rings. The lowest BCUT2D eigenvalue weighted by Gasteiger charge is -2.22. The Bertz CT molecular complexity index is 566. The summed E-state index contributed by atoms with van der Waals surface area (Å²) in [5.41, 5.74) is 1.64. The average molecular weight is 304 g/mol. The van der Waals surface area contributed by atoms with Crippen LogP contribution in [0.5, 0.6) is 5.75 Å². The van der Waals surface area contributed by atoms with E-state index in [9.17, 15) is 4.79 Å². The van der Waals surface area contributed by atoms with Gasteiger partial charge in [0.05, 0.1) is 32.8 Å². The number of benzene rings is 1. The van der Waals surface area contributed by atoms with Gasteiger partial charge in [0.15, 0.2) is 0 Å². The summed E-state index contributed by atoms with van der Waals surface area (Å²) in [6.45, 7) is 1.42. The molecule has 0 aliphatic heterocycles. The third kappa shape index (κ3) is 4.53. The molecule has 1 aromatic heterocycles. The third-order valence-electron chi connectivity index (χ3n) is 3.15. The minimum Gasteiger partial charge on any atom is -0.497 e. The minimum absolute atomic E-state index is 0.191. The second-order valence-corrected chi connectivity index (χ2v) is 4.70. The molecule has 118 valence electrons. The van der Waals surface area contributed by atoms with Gasteiger partial charge in [-0.3, -0.25) is 0 Å². The molecule has 0 saturated heterocycles. The number of ether oxygens (including phenoxy) is 2. The summed E-state index contributed by atoms with van der Waals surface area (Å²) in [5.74, 6) is 0.743. The first kappa shape index (κ1) is 15.9. The normalized spacial score (nSPS) is 10.3. The van der Waals surface area contributed by atoms with E-state index in [1.807, 2.05) is 6.07 Å². The van der Waals surface area contributed by atoms with E-state index >= 15 is 0 Å². The highest BCUT2D eigenvalue weighted by Gasteiger charge is 2.14. The molecule has 2 aromatic rings. The van der Waals surface area contributed by atoms with E-state index < -0.39 is 0 Å². The maximum absolute atomic E-state index is 12.4. The Morgan fingerprint density at radius 3 is 2.59 bits per heavy atom. The highest BCUT2D eigenvalue weighted by Crippen LogP contribution is 2.16. The molecule has 0 bridgehead atoms. The fourth-order valence-electron chi connectivity index (χ4n) is 1.93. The van der Waals surface area contributed by atoms with Crippen LogP contribution in [0, 0.1) is 0 Å². The minimum atomic E-state index is -0.191. The lowest BCUT2D eigenvalue weighted by Crippen LogP contribution is -2.36. The molecule has 1 aromatic carbocycles. The van der Waals surface area contributed by atoms with Gasteiger partial charge in [-0.25, -0.2) is 4.79 Å². The molecule has 1 N–H and O–H groups in total. The molecular weight excluding hydrogens is 284 g/mol. The van der Waals surface area contributed by atoms with Crippen LogP contribution in [0.25, 0.3) is 0 Å². The van der Waals surface area contributed by atoms with Crippen molar-refractivity contribution in [2.24, 2.45) is 0 Å². The van der Waals surface area contributed by atoms with Crippen molar-refractivity contribution in [3.63, 3.8) is 0 Å². The van der Waals surface area contributed by atoms with Crippen LogP contribution in [0.15, 0.2) is 47.3 Å². The zero-order chi connectivity index (χ0) is 15.8. The summed E-state index contributed by atoms with van der Waals surface area (Å²) in [6, 6.07) is 8.83. The zero-order valence-corrected chi connectivity index (χ0v) is 12.7. The summed E-state index contributed by atoms with van der Waals surface area (Å²) in [4.78, 5) is 14.1. The number of furan rings is 1. The zero-order valence-electron chi connectivity index (χ0n) is 12.7. The number of carbonyl (C=O) groups excluding carboxylic acids is 1. The van der Waals surface area contributed by atoms with E-state index in [4.69, 9.17) is 13.9 Å². The number of amides is 2. The SMILES string of the molecule is COCCN(Cc1ccoc1)C(=O)Nc1ccc(OC)cc1. The fraction of sp³-hybridized carbons (Fsp3) is 0.312. The van der Waals surface area contributed by atoms with Crippen LogP contribution in [0.3, 0.4) is 0 Å². The Labute approximate surface area is 129 Å². The number of nitrogens with zero attached hydrogens (tertiary/aromatic N) is 1. The maximum atomic E-state index is 12.4. The summed E-state index contributed by atoms with van der Waals surface area (Å²) < 4.78 is 15.2. The predicted octanol–water partition coefficient (Wildman–Crippen LogP) is 2.97. The molecule has 2 rings (SSSR count). The van der Waals surface area contributed by atoms with E-state index in [1.165, 1.54) is 0 Å². The van der Waals surface area contributed by atoms with Gasteiger partial charge >= 0.3 is 6.03 Å². The van der Waals surface area contributed by atoms with Gasteiger partial charge in [-0.1, -0.05) is 0 Å². The van der Waals surface area contributed by atoms with Crippen molar-refractivity contribution in [2.75, 3.05) is 32.7 Å². The number of methoxy groups -OCH3 is 2. The van der Waals surface area contributed by atoms with E-state index in [0.29, 0.717) is 25.4 Å². The molecule has 6 nitrogen and oxygen atoms in total. The number of hydrogen-bond acceptors (Lipinski definition) is 4. The smallest absolute Gasteiger partial charge is 0.322 e. The second-order valence-electron chi connectivity index (χ2n) is 4.70. The summed E-state index contributed by atoms with van der Waals surface area (Å²) in [7, 11) is 3.21. The molecule has 0 saturated carbocycles. The maximum Gasteiger partial charge on any atom is 0.322 e. The molecule has 0 aliphatic carbocycles. The van der Waals surface area contributed by atoms with Gasteiger partial charge in [-0.05, 0) is 30.3 Å². The highest BCUT2D eigenvalue weighted by molar-refractivity contribution is 5.89. The molecule has 2 amide bonds. The Morgan fingerprint density at radius 2 is 2.00 bits per heavy atom. The van der Waals surface area contributed by atoms with Crippen LogP contribution in [-0.2, 0) is 11.3 Å². The second kappa shape index (κ2) is 8.09. The monoisotopic (exact) mass is 304 g/mol. The van der Waals surface area contributed by atoms with Gasteiger partial charge in [0.25, 0.3) is 0 Å². The van der Waals surface area contributed by atoms with Crippen LogP contribution in [0.1, 0.15) is 5.56 Å². The van der Waals surface area contributed by atoms with Crippen LogP contribution in [0.2, 0.25) is 0 Å². The number of hydrogen-bond donors (Lipinski definition) is 1. The van der Waals surface area contributed by atoms with Gasteiger partial charge < -0.3 is 24.1 Å². The van der Waals surface area contributed by atoms with Crippen LogP contribution in [-0.4, -0.2) is 38.3 Å². The first-order valence-corrected chi connectivity index (χ1v) is 6.93. The van der Waals surface area contributed by atoms with Crippen molar-refractivity contribution in [2.45, 2.75) is 6.54 Å². The Kier molecular flexibility index (Phi) is 5.85. The molecule has 6 heteroatoms. The molecule has 1 heterocycles. The number of urea groups is 1. The standard InChI is InChI=1S/C16H20N2O4/c1-20-10-8-18(11-13-7-9-22-12-13)16(19)17-14-3-5-15(21-2)6-4-14/h3-7,9,12H,8,10-11H2,1-2H3,(H,17,19). The van der Waals surface area contributed by atoms with Crippen molar-refractivity contribution in [1.82, 2.24) is 4.90 Å². The topological polar surface area (TPSA) is 63.9 Å². The van der Waals surface area contributed by atoms with Crippen molar-refractivity contribution in [3.8, 4) is 5.75 Å². The van der Waals surface area contributed by atoms with Crippen LogP contribution >= 0.6 is 0 Å². The van der Waals surface area contributed by atoms with Gasteiger partial charge in [-0.15, -0.1) is 0 Å². The van der Waals surface area contributed by atoms with E-state index in [0.717, 1.165) is 11.3 Å². The number of anilines is 1. The molecule has 0 aliphatic rings. The van der Waals surface area contributed by atoms with Crippen molar-refractivity contribution in [1.29, 1.82) is 0 Å². The first-order valence-electron chi connectivity index (χ1n) is 6.93.